The summed E-state index contributed by atoms with van der Waals surface area (Å²) in [5.74, 6) is 0. The zero-order chi connectivity index (χ0) is 15.5. The molecule has 114 valence electrons. The number of thiophene rings is 1. The molecule has 0 aliphatic heterocycles. The predicted octanol–water partition coefficient (Wildman–Crippen LogP) is 3.05. The van der Waals surface area contributed by atoms with Crippen LogP contribution in [0.4, 0.5) is 0 Å². The Morgan fingerprint density at radius 2 is 1.90 bits per heavy atom. The van der Waals surface area contributed by atoms with Crippen LogP contribution in [-0.2, 0) is 16.4 Å². The Kier molecular flexibility index (Phi) is 5.56. The van der Waals surface area contributed by atoms with Crippen molar-refractivity contribution in [2.45, 2.75) is 23.6 Å². The molecule has 0 aliphatic carbocycles. The van der Waals surface area contributed by atoms with Gasteiger partial charge in [0.15, 0.2) is 0 Å². The summed E-state index contributed by atoms with van der Waals surface area (Å²) in [5, 5.41) is 0. The van der Waals surface area contributed by atoms with Gasteiger partial charge in [0.25, 0.3) is 10.0 Å². The van der Waals surface area contributed by atoms with Crippen LogP contribution in [0.5, 0.6) is 0 Å². The third-order valence-electron chi connectivity index (χ3n) is 2.99. The molecule has 4 nitrogen and oxygen atoms in total. The van der Waals surface area contributed by atoms with Crippen molar-refractivity contribution in [2.75, 3.05) is 6.54 Å². The minimum atomic E-state index is -3.50. The Bertz CT molecular complexity index is 696. The highest BCUT2D eigenvalue weighted by Gasteiger charge is 2.20. The predicted molar refractivity (Wildman–Crippen MR) is 90.0 cm³/mol. The second-order valence-corrected chi connectivity index (χ2v) is 8.68. The van der Waals surface area contributed by atoms with E-state index < -0.39 is 10.0 Å². The highest BCUT2D eigenvalue weighted by Crippen LogP contribution is 2.24. The molecule has 21 heavy (non-hydrogen) atoms. The molecule has 1 atom stereocenters. The van der Waals surface area contributed by atoms with E-state index in [0.29, 0.717) is 17.2 Å². The second kappa shape index (κ2) is 7.02. The standard InChI is InChI=1S/C14H17BrN2O2S2/c1-10(11-2-4-12(15)5-3-11)17-21(18,19)14-7-6-13(20-14)8-9-16/h2-7,10,17H,8-9,16H2,1H3. The topological polar surface area (TPSA) is 72.2 Å². The average molecular weight is 389 g/mol. The van der Waals surface area contributed by atoms with Gasteiger partial charge in [0.05, 0.1) is 0 Å². The summed E-state index contributed by atoms with van der Waals surface area (Å²) in [6, 6.07) is 10.7. The normalized spacial score (nSPS) is 13.3. The first-order chi connectivity index (χ1) is 9.92. The van der Waals surface area contributed by atoms with Crippen LogP contribution in [0.15, 0.2) is 45.1 Å². The van der Waals surface area contributed by atoms with E-state index >= 15 is 0 Å². The Hall–Kier alpha value is -0.730. The van der Waals surface area contributed by atoms with Crippen molar-refractivity contribution in [1.29, 1.82) is 0 Å². The fraction of sp³-hybridized carbons (Fsp3) is 0.286. The number of nitrogens with two attached hydrogens (primary N) is 1. The molecule has 1 heterocycles. The third kappa shape index (κ3) is 4.37. The van der Waals surface area contributed by atoms with Crippen LogP contribution in [-0.4, -0.2) is 15.0 Å². The van der Waals surface area contributed by atoms with E-state index in [-0.39, 0.29) is 6.04 Å². The lowest BCUT2D eigenvalue weighted by atomic mass is 10.1. The van der Waals surface area contributed by atoms with Gasteiger partial charge in [-0.25, -0.2) is 13.1 Å². The SMILES string of the molecule is CC(NS(=O)(=O)c1ccc(CCN)s1)c1ccc(Br)cc1. The highest BCUT2D eigenvalue weighted by molar-refractivity contribution is 9.10. The Labute approximate surface area is 137 Å². The molecule has 2 aromatic rings. The summed E-state index contributed by atoms with van der Waals surface area (Å²) in [4.78, 5) is 0.981. The number of rotatable bonds is 6. The summed E-state index contributed by atoms with van der Waals surface area (Å²) < 4.78 is 28.7. The zero-order valence-corrected chi connectivity index (χ0v) is 14.8. The van der Waals surface area contributed by atoms with Gasteiger partial charge in [0.1, 0.15) is 4.21 Å². The van der Waals surface area contributed by atoms with Gasteiger partial charge in [-0.15, -0.1) is 11.3 Å². The lowest BCUT2D eigenvalue weighted by Gasteiger charge is -2.13. The van der Waals surface area contributed by atoms with E-state index in [1.54, 1.807) is 6.07 Å². The molecular weight excluding hydrogens is 372 g/mol. The van der Waals surface area contributed by atoms with Gasteiger partial charge in [0.2, 0.25) is 0 Å². The first kappa shape index (κ1) is 16.6. The molecule has 1 unspecified atom stereocenters. The first-order valence-corrected chi connectivity index (χ1v) is 9.58. The van der Waals surface area contributed by atoms with Gasteiger partial charge < -0.3 is 5.73 Å². The van der Waals surface area contributed by atoms with Crippen LogP contribution < -0.4 is 10.5 Å². The maximum atomic E-state index is 12.4. The quantitative estimate of drug-likeness (QED) is 0.798. The van der Waals surface area contributed by atoms with Gasteiger partial charge in [-0.05, 0) is 49.7 Å². The van der Waals surface area contributed by atoms with Crippen LogP contribution in [0.2, 0.25) is 0 Å². The maximum absolute atomic E-state index is 12.4. The van der Waals surface area contributed by atoms with Gasteiger partial charge >= 0.3 is 0 Å². The lowest BCUT2D eigenvalue weighted by molar-refractivity contribution is 0.569. The largest absolute Gasteiger partial charge is 0.330 e. The van der Waals surface area contributed by atoms with E-state index in [1.165, 1.54) is 11.3 Å². The zero-order valence-electron chi connectivity index (χ0n) is 11.5. The molecule has 0 amide bonds. The Balaban J connectivity index is 2.14. The van der Waals surface area contributed by atoms with E-state index in [1.807, 2.05) is 37.3 Å². The average Bonchev–Trinajstić information content (AvgIpc) is 2.89. The molecule has 0 saturated carbocycles. The summed E-state index contributed by atoms with van der Waals surface area (Å²) in [6.45, 7) is 2.35. The number of benzene rings is 1. The molecule has 1 aromatic carbocycles. The van der Waals surface area contributed by atoms with Gasteiger partial charge in [-0.3, -0.25) is 0 Å². The monoisotopic (exact) mass is 388 g/mol. The molecule has 0 saturated heterocycles. The van der Waals surface area contributed by atoms with Crippen molar-refractivity contribution in [3.8, 4) is 0 Å². The molecular formula is C14H17BrN2O2S2. The van der Waals surface area contributed by atoms with Crippen molar-refractivity contribution < 1.29 is 8.42 Å². The fourth-order valence-electron chi connectivity index (χ4n) is 1.89. The van der Waals surface area contributed by atoms with E-state index in [0.717, 1.165) is 14.9 Å². The second-order valence-electron chi connectivity index (χ2n) is 4.65. The van der Waals surface area contributed by atoms with Crippen LogP contribution in [0.3, 0.4) is 0 Å². The van der Waals surface area contributed by atoms with Crippen molar-refractivity contribution >= 4 is 37.3 Å². The van der Waals surface area contributed by atoms with E-state index in [4.69, 9.17) is 5.73 Å². The molecule has 0 aliphatic rings. The number of hydrogen-bond donors (Lipinski definition) is 2. The van der Waals surface area contributed by atoms with Gasteiger partial charge in [0, 0.05) is 15.4 Å². The number of hydrogen-bond acceptors (Lipinski definition) is 4. The van der Waals surface area contributed by atoms with Crippen LogP contribution in [0, 0.1) is 0 Å². The van der Waals surface area contributed by atoms with Crippen molar-refractivity contribution in [2.24, 2.45) is 5.73 Å². The molecule has 3 N–H and O–H groups in total. The van der Waals surface area contributed by atoms with E-state index in [2.05, 4.69) is 20.7 Å². The number of nitrogens with one attached hydrogen (secondary N) is 1. The van der Waals surface area contributed by atoms with Crippen molar-refractivity contribution in [3.63, 3.8) is 0 Å². The van der Waals surface area contributed by atoms with Crippen LogP contribution in [0.1, 0.15) is 23.4 Å². The summed E-state index contributed by atoms with van der Waals surface area (Å²) in [5.41, 5.74) is 6.40. The maximum Gasteiger partial charge on any atom is 0.250 e. The Morgan fingerprint density at radius 3 is 2.52 bits per heavy atom. The first-order valence-electron chi connectivity index (χ1n) is 6.49. The molecule has 0 spiro atoms. The fourth-order valence-corrected chi connectivity index (χ4v) is 4.77. The number of halogens is 1. The molecule has 0 bridgehead atoms. The summed E-state index contributed by atoms with van der Waals surface area (Å²) >= 11 is 4.63. The van der Waals surface area contributed by atoms with Crippen molar-refractivity contribution in [3.05, 3.63) is 51.3 Å². The molecule has 1 aromatic heterocycles. The van der Waals surface area contributed by atoms with Crippen LogP contribution >= 0.6 is 27.3 Å². The molecule has 7 heteroatoms. The number of sulfonamides is 1. The lowest BCUT2D eigenvalue weighted by Crippen LogP contribution is -2.26. The van der Waals surface area contributed by atoms with Crippen molar-refractivity contribution in [1.82, 2.24) is 4.72 Å². The van der Waals surface area contributed by atoms with Gasteiger partial charge in [-0.1, -0.05) is 28.1 Å². The third-order valence-corrected chi connectivity index (χ3v) is 6.70. The molecule has 2 rings (SSSR count). The Morgan fingerprint density at radius 1 is 1.24 bits per heavy atom. The minimum absolute atomic E-state index is 0.289. The molecule has 0 radical (unpaired) electrons. The minimum Gasteiger partial charge on any atom is -0.330 e. The smallest absolute Gasteiger partial charge is 0.250 e. The summed E-state index contributed by atoms with van der Waals surface area (Å²) in [6.07, 6.45) is 0.697. The van der Waals surface area contributed by atoms with Gasteiger partial charge in [-0.2, -0.15) is 0 Å². The highest BCUT2D eigenvalue weighted by atomic mass is 79.9. The van der Waals surface area contributed by atoms with Crippen LogP contribution in [0.25, 0.3) is 0 Å². The van der Waals surface area contributed by atoms with E-state index in [9.17, 15) is 8.42 Å². The summed E-state index contributed by atoms with van der Waals surface area (Å²) in [7, 11) is -3.50. The molecule has 0 fully saturated rings.